The maximum atomic E-state index is 12.3. The SMILES string of the molecule is COc1ccc(NC(=O)c2nnc(CCCC(=O)NCc3ccc(N(C)C)cc3)s2)cc1. The van der Waals surface area contributed by atoms with Crippen LogP contribution in [0.15, 0.2) is 48.5 Å². The number of rotatable bonds is 10. The number of aryl methyl sites for hydroxylation is 1. The second-order valence-electron chi connectivity index (χ2n) is 7.37. The Kier molecular flexibility index (Phi) is 8.15. The van der Waals surface area contributed by atoms with Crippen LogP contribution in [0.3, 0.4) is 0 Å². The molecule has 2 amide bonds. The molecule has 0 aliphatic heterocycles. The van der Waals surface area contributed by atoms with Gasteiger partial charge in [-0.1, -0.05) is 23.5 Å². The lowest BCUT2D eigenvalue weighted by molar-refractivity contribution is -0.121. The van der Waals surface area contributed by atoms with E-state index in [0.29, 0.717) is 42.3 Å². The standard InChI is InChI=1S/C23H27N5O3S/c1-28(2)18-11-7-16(8-12-18)15-24-20(29)5-4-6-21-26-27-23(32-21)22(30)25-17-9-13-19(31-3)14-10-17/h7-14H,4-6,15H2,1-3H3,(H,24,29)(H,25,30). The van der Waals surface area contributed by atoms with E-state index in [9.17, 15) is 9.59 Å². The number of carbonyl (C=O) groups excluding carboxylic acids is 2. The average molecular weight is 454 g/mol. The molecule has 0 atom stereocenters. The molecular weight excluding hydrogens is 426 g/mol. The van der Waals surface area contributed by atoms with Gasteiger partial charge < -0.3 is 20.3 Å². The highest BCUT2D eigenvalue weighted by atomic mass is 32.1. The van der Waals surface area contributed by atoms with Crippen LogP contribution >= 0.6 is 11.3 Å². The van der Waals surface area contributed by atoms with Gasteiger partial charge in [-0.25, -0.2) is 0 Å². The summed E-state index contributed by atoms with van der Waals surface area (Å²) in [5.74, 6) is 0.396. The number of ether oxygens (including phenoxy) is 1. The molecule has 0 bridgehead atoms. The summed E-state index contributed by atoms with van der Waals surface area (Å²) >= 11 is 1.24. The Labute approximate surface area is 191 Å². The van der Waals surface area contributed by atoms with Gasteiger partial charge in [-0.3, -0.25) is 9.59 Å². The second-order valence-corrected chi connectivity index (χ2v) is 8.44. The van der Waals surface area contributed by atoms with Crippen molar-refractivity contribution in [3.63, 3.8) is 0 Å². The van der Waals surface area contributed by atoms with Crippen molar-refractivity contribution in [1.29, 1.82) is 0 Å². The predicted octanol–water partition coefficient (Wildman–Crippen LogP) is 3.50. The molecule has 0 radical (unpaired) electrons. The van der Waals surface area contributed by atoms with Crippen LogP contribution in [-0.2, 0) is 17.8 Å². The van der Waals surface area contributed by atoms with Crippen molar-refractivity contribution in [3.8, 4) is 5.75 Å². The fourth-order valence-corrected chi connectivity index (χ4v) is 3.68. The van der Waals surface area contributed by atoms with E-state index in [1.54, 1.807) is 31.4 Å². The van der Waals surface area contributed by atoms with Crippen molar-refractivity contribution in [1.82, 2.24) is 15.5 Å². The number of aromatic nitrogens is 2. The predicted molar refractivity (Wildman–Crippen MR) is 126 cm³/mol. The second kappa shape index (κ2) is 11.2. The highest BCUT2D eigenvalue weighted by Gasteiger charge is 2.13. The first kappa shape index (κ1) is 23.2. The zero-order valence-corrected chi connectivity index (χ0v) is 19.2. The fourth-order valence-electron chi connectivity index (χ4n) is 2.91. The van der Waals surface area contributed by atoms with Gasteiger partial charge in [0, 0.05) is 44.9 Å². The molecule has 8 nitrogen and oxygen atoms in total. The molecule has 0 fully saturated rings. The number of amides is 2. The van der Waals surface area contributed by atoms with E-state index in [1.165, 1.54) is 11.3 Å². The lowest BCUT2D eigenvalue weighted by Crippen LogP contribution is -2.22. The molecule has 0 saturated heterocycles. The fraction of sp³-hybridized carbons (Fsp3) is 0.304. The summed E-state index contributed by atoms with van der Waals surface area (Å²) in [6, 6.07) is 15.1. The maximum absolute atomic E-state index is 12.3. The summed E-state index contributed by atoms with van der Waals surface area (Å²) in [4.78, 5) is 26.5. The first-order chi connectivity index (χ1) is 15.4. The molecule has 1 heterocycles. The average Bonchev–Trinajstić information content (AvgIpc) is 3.27. The molecule has 3 aromatic rings. The van der Waals surface area contributed by atoms with E-state index in [2.05, 4.69) is 20.8 Å². The molecule has 2 N–H and O–H groups in total. The quantitative estimate of drug-likeness (QED) is 0.488. The number of benzene rings is 2. The van der Waals surface area contributed by atoms with Gasteiger partial charge in [0.1, 0.15) is 10.8 Å². The van der Waals surface area contributed by atoms with Crippen LogP contribution in [0.1, 0.15) is 33.2 Å². The van der Waals surface area contributed by atoms with Crippen molar-refractivity contribution in [2.75, 3.05) is 31.4 Å². The van der Waals surface area contributed by atoms with E-state index in [0.717, 1.165) is 16.3 Å². The third-order valence-electron chi connectivity index (χ3n) is 4.75. The number of carbonyl (C=O) groups is 2. The Morgan fingerprint density at radius 3 is 2.41 bits per heavy atom. The number of hydrogen-bond donors (Lipinski definition) is 2. The minimum absolute atomic E-state index is 0.0105. The Hall–Kier alpha value is -3.46. The third-order valence-corrected chi connectivity index (χ3v) is 5.73. The van der Waals surface area contributed by atoms with Crippen molar-refractivity contribution < 1.29 is 14.3 Å². The van der Waals surface area contributed by atoms with Crippen molar-refractivity contribution in [2.45, 2.75) is 25.8 Å². The molecule has 0 unspecified atom stereocenters. The molecule has 0 aliphatic rings. The molecule has 32 heavy (non-hydrogen) atoms. The van der Waals surface area contributed by atoms with Crippen LogP contribution in [0, 0.1) is 0 Å². The van der Waals surface area contributed by atoms with E-state index in [1.807, 2.05) is 43.3 Å². The number of anilines is 2. The number of nitrogens with zero attached hydrogens (tertiary/aromatic N) is 3. The minimum atomic E-state index is -0.308. The monoisotopic (exact) mass is 453 g/mol. The van der Waals surface area contributed by atoms with Gasteiger partial charge in [-0.2, -0.15) is 0 Å². The van der Waals surface area contributed by atoms with Crippen LogP contribution in [0.4, 0.5) is 11.4 Å². The molecule has 0 spiro atoms. The Balaban J connectivity index is 1.39. The lowest BCUT2D eigenvalue weighted by atomic mass is 10.2. The van der Waals surface area contributed by atoms with Gasteiger partial charge in [-0.15, -0.1) is 10.2 Å². The molecule has 0 aliphatic carbocycles. The van der Waals surface area contributed by atoms with E-state index >= 15 is 0 Å². The topological polar surface area (TPSA) is 96.5 Å². The number of hydrogen-bond acceptors (Lipinski definition) is 7. The smallest absolute Gasteiger partial charge is 0.286 e. The normalized spacial score (nSPS) is 10.5. The molecular formula is C23H27N5O3S. The minimum Gasteiger partial charge on any atom is -0.497 e. The molecule has 9 heteroatoms. The van der Waals surface area contributed by atoms with Crippen molar-refractivity contribution in [2.24, 2.45) is 0 Å². The molecule has 3 rings (SSSR count). The summed E-state index contributed by atoms with van der Waals surface area (Å²) in [6.45, 7) is 0.501. The van der Waals surface area contributed by atoms with E-state index < -0.39 is 0 Å². The van der Waals surface area contributed by atoms with Gasteiger partial charge in [0.2, 0.25) is 10.9 Å². The van der Waals surface area contributed by atoms with Crippen molar-refractivity contribution in [3.05, 3.63) is 64.1 Å². The van der Waals surface area contributed by atoms with Crippen LogP contribution in [0.2, 0.25) is 0 Å². The first-order valence-electron chi connectivity index (χ1n) is 10.3. The first-order valence-corrected chi connectivity index (χ1v) is 11.1. The molecule has 2 aromatic carbocycles. The lowest BCUT2D eigenvalue weighted by Gasteiger charge is -2.12. The number of methoxy groups -OCH3 is 1. The summed E-state index contributed by atoms with van der Waals surface area (Å²) < 4.78 is 5.10. The van der Waals surface area contributed by atoms with Gasteiger partial charge in [-0.05, 0) is 48.4 Å². The summed E-state index contributed by atoms with van der Waals surface area (Å²) in [5, 5.41) is 14.8. The zero-order chi connectivity index (χ0) is 22.9. The highest BCUT2D eigenvalue weighted by Crippen LogP contribution is 2.18. The zero-order valence-electron chi connectivity index (χ0n) is 18.4. The van der Waals surface area contributed by atoms with Gasteiger partial charge in [0.25, 0.3) is 5.91 Å². The third kappa shape index (κ3) is 6.78. The van der Waals surface area contributed by atoms with E-state index in [4.69, 9.17) is 4.74 Å². The Morgan fingerprint density at radius 1 is 1.03 bits per heavy atom. The van der Waals surface area contributed by atoms with Crippen LogP contribution in [0.5, 0.6) is 5.75 Å². The number of nitrogens with one attached hydrogen (secondary N) is 2. The van der Waals surface area contributed by atoms with Gasteiger partial charge in [0.05, 0.1) is 7.11 Å². The van der Waals surface area contributed by atoms with Crippen molar-refractivity contribution >= 4 is 34.5 Å². The molecule has 1 aromatic heterocycles. The summed E-state index contributed by atoms with van der Waals surface area (Å²) in [6.07, 6.45) is 1.63. The Bertz CT molecular complexity index is 1030. The Morgan fingerprint density at radius 2 is 1.75 bits per heavy atom. The maximum Gasteiger partial charge on any atom is 0.286 e. The van der Waals surface area contributed by atoms with Crippen LogP contribution in [-0.4, -0.2) is 43.2 Å². The van der Waals surface area contributed by atoms with E-state index in [-0.39, 0.29) is 11.8 Å². The summed E-state index contributed by atoms with van der Waals surface area (Å²) in [7, 11) is 5.57. The molecule has 168 valence electrons. The molecule has 0 saturated carbocycles. The highest BCUT2D eigenvalue weighted by molar-refractivity contribution is 7.13. The summed E-state index contributed by atoms with van der Waals surface area (Å²) in [5.41, 5.74) is 2.83. The van der Waals surface area contributed by atoms with Crippen LogP contribution < -0.4 is 20.3 Å². The van der Waals surface area contributed by atoms with Crippen LogP contribution in [0.25, 0.3) is 0 Å². The van der Waals surface area contributed by atoms with Gasteiger partial charge in [0.15, 0.2) is 0 Å². The largest absolute Gasteiger partial charge is 0.497 e. The van der Waals surface area contributed by atoms with Gasteiger partial charge >= 0.3 is 0 Å².